The smallest absolute Gasteiger partial charge is 0.265 e. The van der Waals surface area contributed by atoms with E-state index in [4.69, 9.17) is 14.0 Å². The molecule has 0 bridgehead atoms. The van der Waals surface area contributed by atoms with Gasteiger partial charge in [-0.05, 0) is 42.8 Å². The molecular weight excluding hydrogens is 434 g/mol. The zero-order valence-corrected chi connectivity index (χ0v) is 18.8. The lowest BCUT2D eigenvalue weighted by Gasteiger charge is -2.13. The van der Waals surface area contributed by atoms with Gasteiger partial charge in [0.15, 0.2) is 5.76 Å². The SMILES string of the molecule is COc1cccc(NS(=O)(=O)c2cc(C=Cc3onc(C)c3NC(C)=O)ccc2OC)c1. The molecule has 0 radical (unpaired) electrons. The summed E-state index contributed by atoms with van der Waals surface area (Å²) < 4.78 is 44.3. The summed E-state index contributed by atoms with van der Waals surface area (Å²) in [4.78, 5) is 11.4. The van der Waals surface area contributed by atoms with Crippen molar-refractivity contribution in [3.05, 3.63) is 59.5 Å². The van der Waals surface area contributed by atoms with E-state index in [1.807, 2.05) is 0 Å². The van der Waals surface area contributed by atoms with E-state index < -0.39 is 10.0 Å². The average molecular weight is 458 g/mol. The minimum Gasteiger partial charge on any atom is -0.497 e. The molecule has 10 heteroatoms. The number of aromatic nitrogens is 1. The maximum absolute atomic E-state index is 13.1. The molecular formula is C22H23N3O6S. The fourth-order valence-electron chi connectivity index (χ4n) is 2.90. The third kappa shape index (κ3) is 5.27. The van der Waals surface area contributed by atoms with E-state index in [9.17, 15) is 13.2 Å². The molecule has 2 aromatic carbocycles. The van der Waals surface area contributed by atoms with Gasteiger partial charge in [0.2, 0.25) is 5.91 Å². The van der Waals surface area contributed by atoms with Crippen LogP contribution < -0.4 is 19.5 Å². The Kier molecular flexibility index (Phi) is 6.84. The van der Waals surface area contributed by atoms with E-state index in [-0.39, 0.29) is 16.6 Å². The number of nitrogens with zero attached hydrogens (tertiary/aromatic N) is 1. The summed E-state index contributed by atoms with van der Waals surface area (Å²) in [6, 6.07) is 11.3. The molecule has 2 N–H and O–H groups in total. The van der Waals surface area contributed by atoms with Gasteiger partial charge in [0.1, 0.15) is 27.8 Å². The van der Waals surface area contributed by atoms with Crippen LogP contribution in [0.4, 0.5) is 11.4 Å². The third-order valence-electron chi connectivity index (χ3n) is 4.42. The van der Waals surface area contributed by atoms with Crippen LogP contribution in [0.2, 0.25) is 0 Å². The molecule has 3 rings (SSSR count). The molecule has 1 aromatic heterocycles. The molecule has 1 heterocycles. The van der Waals surface area contributed by atoms with Crippen LogP contribution in [0.15, 0.2) is 51.9 Å². The highest BCUT2D eigenvalue weighted by Gasteiger charge is 2.20. The van der Waals surface area contributed by atoms with Gasteiger partial charge in [0.25, 0.3) is 10.0 Å². The first-order valence-electron chi connectivity index (χ1n) is 9.50. The van der Waals surface area contributed by atoms with Crippen LogP contribution in [0, 0.1) is 6.92 Å². The predicted molar refractivity (Wildman–Crippen MR) is 121 cm³/mol. The summed E-state index contributed by atoms with van der Waals surface area (Å²) in [5, 5.41) is 6.52. The number of hydrogen-bond donors (Lipinski definition) is 2. The number of carbonyl (C=O) groups excluding carboxylic acids is 1. The Morgan fingerprint density at radius 3 is 2.56 bits per heavy atom. The van der Waals surface area contributed by atoms with Gasteiger partial charge < -0.3 is 19.3 Å². The standard InChI is InChI=1S/C22H23N3O6S/c1-14-22(23-15(2)26)20(31-24-14)11-9-16-8-10-19(30-4)21(12-16)32(27,28)25-17-6-5-7-18(13-17)29-3/h5-13,25H,1-4H3,(H,23,26). The molecule has 0 saturated heterocycles. The Balaban J connectivity index is 1.93. The number of benzene rings is 2. The Hall–Kier alpha value is -3.79. The molecule has 0 unspecified atom stereocenters. The third-order valence-corrected chi connectivity index (χ3v) is 5.82. The highest BCUT2D eigenvalue weighted by molar-refractivity contribution is 7.92. The molecule has 0 saturated carbocycles. The monoisotopic (exact) mass is 457 g/mol. The summed E-state index contributed by atoms with van der Waals surface area (Å²) in [6.45, 7) is 3.09. The van der Waals surface area contributed by atoms with Crippen molar-refractivity contribution >= 4 is 39.5 Å². The average Bonchev–Trinajstić information content (AvgIpc) is 3.10. The van der Waals surface area contributed by atoms with E-state index in [1.165, 1.54) is 27.2 Å². The van der Waals surface area contributed by atoms with Crippen molar-refractivity contribution < 1.29 is 27.2 Å². The van der Waals surface area contributed by atoms with Crippen molar-refractivity contribution in [2.75, 3.05) is 24.3 Å². The van der Waals surface area contributed by atoms with Gasteiger partial charge in [-0.1, -0.05) is 23.4 Å². The molecule has 0 aliphatic carbocycles. The normalized spacial score (nSPS) is 11.4. The van der Waals surface area contributed by atoms with Gasteiger partial charge in [0, 0.05) is 13.0 Å². The molecule has 0 aliphatic heterocycles. The highest BCUT2D eigenvalue weighted by Crippen LogP contribution is 2.29. The van der Waals surface area contributed by atoms with Gasteiger partial charge >= 0.3 is 0 Å². The van der Waals surface area contributed by atoms with Crippen LogP contribution in [0.5, 0.6) is 11.5 Å². The molecule has 0 spiro atoms. The van der Waals surface area contributed by atoms with Crippen molar-refractivity contribution in [3.8, 4) is 11.5 Å². The van der Waals surface area contributed by atoms with Crippen LogP contribution in [0.3, 0.4) is 0 Å². The predicted octanol–water partition coefficient (Wildman–Crippen LogP) is 3.93. The quantitative estimate of drug-likeness (QED) is 0.526. The summed E-state index contributed by atoms with van der Waals surface area (Å²) in [6.07, 6.45) is 3.24. The Morgan fingerprint density at radius 1 is 1.09 bits per heavy atom. The number of carbonyl (C=O) groups is 1. The largest absolute Gasteiger partial charge is 0.497 e. The second-order valence-electron chi connectivity index (χ2n) is 6.77. The summed E-state index contributed by atoms with van der Waals surface area (Å²) >= 11 is 0. The second-order valence-corrected chi connectivity index (χ2v) is 8.42. The molecule has 168 valence electrons. The fraction of sp³-hybridized carbons (Fsp3) is 0.182. The van der Waals surface area contributed by atoms with Crippen molar-refractivity contribution in [1.29, 1.82) is 0 Å². The minimum absolute atomic E-state index is 0.0409. The van der Waals surface area contributed by atoms with E-state index in [0.29, 0.717) is 34.1 Å². The Morgan fingerprint density at radius 2 is 1.88 bits per heavy atom. The highest BCUT2D eigenvalue weighted by atomic mass is 32.2. The first kappa shape index (κ1) is 22.9. The van der Waals surface area contributed by atoms with Gasteiger partial charge in [0.05, 0.1) is 19.9 Å². The van der Waals surface area contributed by atoms with Crippen LogP contribution in [0.25, 0.3) is 12.2 Å². The number of sulfonamides is 1. The van der Waals surface area contributed by atoms with Gasteiger partial charge in [-0.2, -0.15) is 0 Å². The summed E-state index contributed by atoms with van der Waals surface area (Å²) in [7, 11) is -1.07. The van der Waals surface area contributed by atoms with Crippen LogP contribution in [0.1, 0.15) is 23.9 Å². The van der Waals surface area contributed by atoms with E-state index in [2.05, 4.69) is 15.2 Å². The number of ether oxygens (including phenoxy) is 2. The number of hydrogen-bond acceptors (Lipinski definition) is 7. The second kappa shape index (κ2) is 9.56. The first-order chi connectivity index (χ1) is 15.2. The van der Waals surface area contributed by atoms with Crippen LogP contribution in [-0.2, 0) is 14.8 Å². The van der Waals surface area contributed by atoms with Crippen molar-refractivity contribution in [2.24, 2.45) is 0 Å². The summed E-state index contributed by atoms with van der Waals surface area (Å²) in [5.74, 6) is 0.790. The molecule has 0 atom stereocenters. The van der Waals surface area contributed by atoms with Crippen LogP contribution >= 0.6 is 0 Å². The van der Waals surface area contributed by atoms with Gasteiger partial charge in [-0.3, -0.25) is 9.52 Å². The van der Waals surface area contributed by atoms with Crippen molar-refractivity contribution in [2.45, 2.75) is 18.7 Å². The maximum atomic E-state index is 13.1. The first-order valence-corrected chi connectivity index (χ1v) is 11.0. The Labute approximate surface area is 186 Å². The minimum atomic E-state index is -3.96. The topological polar surface area (TPSA) is 120 Å². The zero-order chi connectivity index (χ0) is 23.3. The number of anilines is 2. The zero-order valence-electron chi connectivity index (χ0n) is 18.0. The van der Waals surface area contributed by atoms with Gasteiger partial charge in [-0.25, -0.2) is 8.42 Å². The molecule has 1 amide bonds. The van der Waals surface area contributed by atoms with E-state index in [0.717, 1.165) is 0 Å². The summed E-state index contributed by atoms with van der Waals surface area (Å²) in [5.41, 5.74) is 1.90. The fourth-order valence-corrected chi connectivity index (χ4v) is 4.16. The van der Waals surface area contributed by atoms with E-state index >= 15 is 0 Å². The molecule has 0 fully saturated rings. The number of amides is 1. The lowest BCUT2D eigenvalue weighted by molar-refractivity contribution is -0.114. The number of rotatable bonds is 8. The number of methoxy groups -OCH3 is 2. The molecule has 3 aromatic rings. The number of nitrogens with one attached hydrogen (secondary N) is 2. The number of aryl methyl sites for hydroxylation is 1. The van der Waals surface area contributed by atoms with Crippen molar-refractivity contribution in [3.63, 3.8) is 0 Å². The lowest BCUT2D eigenvalue weighted by atomic mass is 10.2. The van der Waals surface area contributed by atoms with E-state index in [1.54, 1.807) is 55.5 Å². The molecule has 0 aliphatic rings. The van der Waals surface area contributed by atoms with Gasteiger partial charge in [-0.15, -0.1) is 0 Å². The van der Waals surface area contributed by atoms with Crippen molar-refractivity contribution in [1.82, 2.24) is 5.16 Å². The van der Waals surface area contributed by atoms with Crippen LogP contribution in [-0.4, -0.2) is 33.7 Å². The molecule has 9 nitrogen and oxygen atoms in total. The maximum Gasteiger partial charge on any atom is 0.265 e. The molecule has 32 heavy (non-hydrogen) atoms. The lowest BCUT2D eigenvalue weighted by Crippen LogP contribution is -2.14. The Bertz CT molecular complexity index is 1260.